The molecule has 0 fully saturated rings. The van der Waals surface area contributed by atoms with Crippen molar-refractivity contribution in [3.8, 4) is 11.3 Å². The molecule has 1 aromatic carbocycles. The Morgan fingerprint density at radius 3 is 2.71 bits per heavy atom. The van der Waals surface area contributed by atoms with E-state index >= 15 is 0 Å². The lowest BCUT2D eigenvalue weighted by Crippen LogP contribution is -2.19. The molecular formula is C17H24ClN3. The Morgan fingerprint density at radius 1 is 1.24 bits per heavy atom. The van der Waals surface area contributed by atoms with Crippen LogP contribution in [0.5, 0.6) is 0 Å². The monoisotopic (exact) mass is 305 g/mol. The highest BCUT2D eigenvalue weighted by Crippen LogP contribution is 2.29. The fraction of sp³-hybridized carbons (Fsp3) is 0.471. The molecule has 21 heavy (non-hydrogen) atoms. The lowest BCUT2D eigenvalue weighted by Gasteiger charge is -2.16. The lowest BCUT2D eigenvalue weighted by atomic mass is 10.0. The van der Waals surface area contributed by atoms with E-state index in [0.717, 1.165) is 47.8 Å². The molecule has 0 aliphatic rings. The predicted octanol–water partition coefficient (Wildman–Crippen LogP) is 4.67. The van der Waals surface area contributed by atoms with Crippen LogP contribution in [0.15, 0.2) is 30.5 Å². The van der Waals surface area contributed by atoms with Crippen LogP contribution in [0.25, 0.3) is 11.3 Å². The van der Waals surface area contributed by atoms with Crippen LogP contribution >= 0.6 is 11.6 Å². The number of benzene rings is 1. The molecule has 2 aromatic rings. The van der Waals surface area contributed by atoms with Gasteiger partial charge in [-0.1, -0.05) is 37.6 Å². The van der Waals surface area contributed by atoms with E-state index in [1.54, 1.807) is 0 Å². The molecule has 0 saturated carbocycles. The van der Waals surface area contributed by atoms with Crippen molar-refractivity contribution in [2.45, 2.75) is 46.2 Å². The Hall–Kier alpha value is -1.32. The van der Waals surface area contributed by atoms with Crippen molar-refractivity contribution in [1.82, 2.24) is 15.1 Å². The van der Waals surface area contributed by atoms with E-state index in [9.17, 15) is 0 Å². The second-order valence-electron chi connectivity index (χ2n) is 5.35. The third kappa shape index (κ3) is 3.86. The first-order valence-electron chi connectivity index (χ1n) is 7.72. The zero-order valence-corrected chi connectivity index (χ0v) is 13.8. The quantitative estimate of drug-likeness (QED) is 0.805. The number of rotatable bonds is 7. The summed E-state index contributed by atoms with van der Waals surface area (Å²) in [7, 11) is 0. The highest BCUT2D eigenvalue weighted by atomic mass is 35.5. The summed E-state index contributed by atoms with van der Waals surface area (Å²) in [4.78, 5) is 0. The smallest absolute Gasteiger partial charge is 0.0682 e. The Labute approximate surface area is 132 Å². The van der Waals surface area contributed by atoms with Crippen molar-refractivity contribution in [3.05, 3.63) is 41.0 Å². The Balaban J connectivity index is 2.24. The summed E-state index contributed by atoms with van der Waals surface area (Å²) < 4.78 is 2.03. The summed E-state index contributed by atoms with van der Waals surface area (Å²) >= 11 is 6.48. The largest absolute Gasteiger partial charge is 0.310 e. The number of nitrogens with one attached hydrogen (secondary N) is 1. The number of halogens is 1. The minimum atomic E-state index is 0.270. The second kappa shape index (κ2) is 7.62. The van der Waals surface area contributed by atoms with E-state index in [-0.39, 0.29) is 6.04 Å². The molecule has 2 rings (SSSR count). The first kappa shape index (κ1) is 16.1. The molecule has 3 nitrogen and oxygen atoms in total. The van der Waals surface area contributed by atoms with E-state index < -0.39 is 0 Å². The van der Waals surface area contributed by atoms with Crippen molar-refractivity contribution in [3.63, 3.8) is 0 Å². The van der Waals surface area contributed by atoms with E-state index in [4.69, 9.17) is 11.6 Å². The van der Waals surface area contributed by atoms with Crippen molar-refractivity contribution in [2.24, 2.45) is 0 Å². The number of hydrogen-bond acceptors (Lipinski definition) is 2. The maximum Gasteiger partial charge on any atom is 0.0682 e. The fourth-order valence-corrected chi connectivity index (χ4v) is 2.82. The minimum absolute atomic E-state index is 0.270. The van der Waals surface area contributed by atoms with E-state index in [2.05, 4.69) is 43.3 Å². The maximum atomic E-state index is 6.48. The highest BCUT2D eigenvalue weighted by molar-refractivity contribution is 6.31. The average molecular weight is 306 g/mol. The van der Waals surface area contributed by atoms with Crippen LogP contribution in [0.4, 0.5) is 0 Å². The molecule has 1 heterocycles. The molecule has 0 bridgehead atoms. The third-order valence-corrected chi connectivity index (χ3v) is 3.94. The number of aromatic nitrogens is 2. The van der Waals surface area contributed by atoms with Gasteiger partial charge in [0.2, 0.25) is 0 Å². The van der Waals surface area contributed by atoms with Crippen LogP contribution < -0.4 is 5.32 Å². The molecule has 0 spiro atoms. The fourth-order valence-electron chi connectivity index (χ4n) is 2.48. The van der Waals surface area contributed by atoms with Gasteiger partial charge in [-0.15, -0.1) is 0 Å². The number of aryl methyl sites for hydroxylation is 1. The van der Waals surface area contributed by atoms with E-state index in [0.29, 0.717) is 0 Å². The van der Waals surface area contributed by atoms with Gasteiger partial charge in [0.25, 0.3) is 0 Å². The maximum absolute atomic E-state index is 6.48. The molecule has 1 atom stereocenters. The van der Waals surface area contributed by atoms with Gasteiger partial charge in [-0.3, -0.25) is 4.68 Å². The molecule has 1 unspecified atom stereocenters. The van der Waals surface area contributed by atoms with Gasteiger partial charge < -0.3 is 5.32 Å². The van der Waals surface area contributed by atoms with Gasteiger partial charge in [-0.05, 0) is 44.0 Å². The summed E-state index contributed by atoms with van der Waals surface area (Å²) in [6.07, 6.45) is 4.03. The topological polar surface area (TPSA) is 29.9 Å². The van der Waals surface area contributed by atoms with Gasteiger partial charge >= 0.3 is 0 Å². The van der Waals surface area contributed by atoms with Crippen molar-refractivity contribution in [1.29, 1.82) is 0 Å². The molecular weight excluding hydrogens is 282 g/mol. The summed E-state index contributed by atoms with van der Waals surface area (Å²) in [5.41, 5.74) is 3.40. The van der Waals surface area contributed by atoms with Gasteiger partial charge in [0, 0.05) is 29.4 Å². The van der Waals surface area contributed by atoms with E-state index in [1.165, 1.54) is 0 Å². The minimum Gasteiger partial charge on any atom is -0.310 e. The molecule has 114 valence electrons. The highest BCUT2D eigenvalue weighted by Gasteiger charge is 2.12. The van der Waals surface area contributed by atoms with Crippen LogP contribution in [-0.4, -0.2) is 16.3 Å². The molecule has 0 amide bonds. The van der Waals surface area contributed by atoms with E-state index in [1.807, 2.05) is 23.0 Å². The summed E-state index contributed by atoms with van der Waals surface area (Å²) in [5, 5.41) is 8.66. The summed E-state index contributed by atoms with van der Waals surface area (Å²) in [5.74, 6) is 0. The Kier molecular flexibility index (Phi) is 5.83. The van der Waals surface area contributed by atoms with Crippen LogP contribution in [-0.2, 0) is 6.54 Å². The number of nitrogens with zero attached hydrogens (tertiary/aromatic N) is 2. The Bertz CT molecular complexity index is 577. The third-order valence-electron chi connectivity index (χ3n) is 3.62. The van der Waals surface area contributed by atoms with Crippen LogP contribution in [0.3, 0.4) is 0 Å². The first-order valence-corrected chi connectivity index (χ1v) is 8.10. The van der Waals surface area contributed by atoms with Gasteiger partial charge in [0.05, 0.1) is 5.69 Å². The SMILES string of the molecule is CCCNC(C)c1ccc(-c2ccnn2CCC)cc1Cl. The average Bonchev–Trinajstić information content (AvgIpc) is 2.93. The van der Waals surface area contributed by atoms with Crippen molar-refractivity contribution < 1.29 is 0 Å². The zero-order valence-electron chi connectivity index (χ0n) is 13.1. The van der Waals surface area contributed by atoms with Crippen LogP contribution in [0.1, 0.15) is 45.2 Å². The summed E-state index contributed by atoms with van der Waals surface area (Å²) in [6, 6.07) is 8.61. The second-order valence-corrected chi connectivity index (χ2v) is 5.76. The molecule has 1 N–H and O–H groups in total. The predicted molar refractivity (Wildman–Crippen MR) is 89.7 cm³/mol. The normalized spacial score (nSPS) is 12.6. The van der Waals surface area contributed by atoms with Gasteiger partial charge in [-0.2, -0.15) is 5.10 Å². The molecule has 0 aliphatic carbocycles. The molecule has 0 aliphatic heterocycles. The van der Waals surface area contributed by atoms with Gasteiger partial charge in [0.15, 0.2) is 0 Å². The molecule has 0 saturated heterocycles. The Morgan fingerprint density at radius 2 is 2.05 bits per heavy atom. The standard InChI is InChI=1S/C17H24ClN3/c1-4-9-19-13(3)15-7-6-14(12-16(15)18)17-8-10-20-21(17)11-5-2/h6-8,10,12-13,19H,4-5,9,11H2,1-3H3. The number of hydrogen-bond donors (Lipinski definition) is 1. The molecule has 4 heteroatoms. The van der Waals surface area contributed by atoms with Gasteiger partial charge in [-0.25, -0.2) is 0 Å². The zero-order chi connectivity index (χ0) is 15.2. The first-order chi connectivity index (χ1) is 10.2. The lowest BCUT2D eigenvalue weighted by molar-refractivity contribution is 0.571. The molecule has 0 radical (unpaired) electrons. The van der Waals surface area contributed by atoms with Crippen LogP contribution in [0, 0.1) is 0 Å². The van der Waals surface area contributed by atoms with Gasteiger partial charge in [0.1, 0.15) is 0 Å². The van der Waals surface area contributed by atoms with Crippen molar-refractivity contribution >= 4 is 11.6 Å². The van der Waals surface area contributed by atoms with Crippen LogP contribution in [0.2, 0.25) is 5.02 Å². The molecule has 1 aromatic heterocycles. The summed E-state index contributed by atoms with van der Waals surface area (Å²) in [6.45, 7) is 8.40. The van der Waals surface area contributed by atoms with Crippen molar-refractivity contribution in [2.75, 3.05) is 6.54 Å².